The summed E-state index contributed by atoms with van der Waals surface area (Å²) in [6, 6.07) is 11.6. The molecule has 2 aromatic rings. The highest BCUT2D eigenvalue weighted by Crippen LogP contribution is 2.28. The molecule has 0 fully saturated rings. The molecule has 0 spiro atoms. The third-order valence-corrected chi connectivity index (χ3v) is 4.94. The maximum Gasteiger partial charge on any atom is 0.244 e. The summed E-state index contributed by atoms with van der Waals surface area (Å²) in [5.74, 6) is 0.129. The van der Waals surface area contributed by atoms with Crippen LogP contribution in [-0.2, 0) is 14.8 Å². The Hall–Kier alpha value is -2.58. The Morgan fingerprint density at radius 2 is 1.80 bits per heavy atom. The summed E-state index contributed by atoms with van der Waals surface area (Å²) in [5.41, 5.74) is 1.52. The summed E-state index contributed by atoms with van der Waals surface area (Å²) in [6.07, 6.45) is 0. The molecule has 7 nitrogen and oxygen atoms in total. The number of anilines is 1. The maximum absolute atomic E-state index is 12.4. The second-order valence-electron chi connectivity index (χ2n) is 5.20. The van der Waals surface area contributed by atoms with Crippen molar-refractivity contribution in [3.8, 4) is 11.5 Å². The topological polar surface area (TPSA) is 93.7 Å². The number of carbonyl (C=O) groups excluding carboxylic acids is 1. The Kier molecular flexibility index (Phi) is 6.00. The van der Waals surface area contributed by atoms with Crippen LogP contribution in [0.4, 0.5) is 5.69 Å². The predicted octanol–water partition coefficient (Wildman–Crippen LogP) is 1.93. The summed E-state index contributed by atoms with van der Waals surface area (Å²) in [4.78, 5) is 11.9. The number of hydrogen-bond donors (Lipinski definition) is 2. The molecular formula is C17H20N2O5S. The van der Waals surface area contributed by atoms with Gasteiger partial charge >= 0.3 is 0 Å². The lowest BCUT2D eigenvalue weighted by atomic mass is 10.2. The number of para-hydroxylation sites is 1. The fourth-order valence-electron chi connectivity index (χ4n) is 2.14. The van der Waals surface area contributed by atoms with Crippen LogP contribution in [0.15, 0.2) is 47.4 Å². The number of carbonyl (C=O) groups is 1. The normalized spacial score (nSPS) is 11.0. The van der Waals surface area contributed by atoms with E-state index in [0.717, 1.165) is 5.56 Å². The molecule has 2 aromatic carbocycles. The summed E-state index contributed by atoms with van der Waals surface area (Å²) in [7, 11) is -1.09. The van der Waals surface area contributed by atoms with Crippen molar-refractivity contribution >= 4 is 21.6 Å². The van der Waals surface area contributed by atoms with E-state index < -0.39 is 22.5 Å². The third-order valence-electron chi connectivity index (χ3n) is 3.50. The molecule has 0 aliphatic heterocycles. The van der Waals surface area contributed by atoms with E-state index in [-0.39, 0.29) is 10.6 Å². The maximum atomic E-state index is 12.4. The van der Waals surface area contributed by atoms with E-state index in [4.69, 9.17) is 9.47 Å². The van der Waals surface area contributed by atoms with Crippen LogP contribution in [0.3, 0.4) is 0 Å². The molecule has 0 heterocycles. The molecule has 0 atom stereocenters. The Morgan fingerprint density at radius 1 is 1.08 bits per heavy atom. The third kappa shape index (κ3) is 4.71. The second-order valence-corrected chi connectivity index (χ2v) is 6.94. The van der Waals surface area contributed by atoms with Gasteiger partial charge in [0.15, 0.2) is 0 Å². The zero-order chi connectivity index (χ0) is 18.4. The molecular weight excluding hydrogens is 344 g/mol. The summed E-state index contributed by atoms with van der Waals surface area (Å²) < 4.78 is 37.2. The van der Waals surface area contributed by atoms with Crippen molar-refractivity contribution in [1.29, 1.82) is 0 Å². The van der Waals surface area contributed by atoms with E-state index in [1.165, 1.54) is 32.4 Å². The minimum absolute atomic E-state index is 0.0699. The molecule has 0 aliphatic carbocycles. The largest absolute Gasteiger partial charge is 0.497 e. The first-order chi connectivity index (χ1) is 11.9. The van der Waals surface area contributed by atoms with Gasteiger partial charge in [-0.05, 0) is 30.7 Å². The first-order valence-electron chi connectivity index (χ1n) is 7.44. The number of nitrogens with one attached hydrogen (secondary N) is 2. The summed E-state index contributed by atoms with van der Waals surface area (Å²) in [6.45, 7) is 1.45. The van der Waals surface area contributed by atoms with Gasteiger partial charge in [0.25, 0.3) is 0 Å². The molecule has 0 aliphatic rings. The number of hydrogen-bond acceptors (Lipinski definition) is 5. The first kappa shape index (κ1) is 18.8. The molecule has 25 heavy (non-hydrogen) atoms. The number of rotatable bonds is 7. The van der Waals surface area contributed by atoms with Crippen molar-refractivity contribution in [1.82, 2.24) is 4.72 Å². The predicted molar refractivity (Wildman–Crippen MR) is 94.5 cm³/mol. The van der Waals surface area contributed by atoms with E-state index >= 15 is 0 Å². The molecule has 0 saturated heterocycles. The lowest BCUT2D eigenvalue weighted by molar-refractivity contribution is -0.115. The molecule has 8 heteroatoms. The van der Waals surface area contributed by atoms with Gasteiger partial charge in [0, 0.05) is 11.8 Å². The van der Waals surface area contributed by atoms with Gasteiger partial charge in [0.1, 0.15) is 16.4 Å². The van der Waals surface area contributed by atoms with E-state index in [9.17, 15) is 13.2 Å². The van der Waals surface area contributed by atoms with Crippen LogP contribution in [-0.4, -0.2) is 35.1 Å². The zero-order valence-corrected chi connectivity index (χ0v) is 15.0. The average Bonchev–Trinajstić information content (AvgIpc) is 2.61. The molecule has 0 bridgehead atoms. The van der Waals surface area contributed by atoms with E-state index in [0.29, 0.717) is 11.4 Å². The minimum atomic E-state index is -3.92. The van der Waals surface area contributed by atoms with Crippen molar-refractivity contribution in [3.05, 3.63) is 48.0 Å². The highest BCUT2D eigenvalue weighted by atomic mass is 32.2. The van der Waals surface area contributed by atoms with Crippen molar-refractivity contribution in [3.63, 3.8) is 0 Å². The Morgan fingerprint density at radius 3 is 2.44 bits per heavy atom. The Labute approximate surface area is 147 Å². The lowest BCUT2D eigenvalue weighted by Crippen LogP contribution is -2.33. The second kappa shape index (κ2) is 8.00. The van der Waals surface area contributed by atoms with Crippen LogP contribution in [0.25, 0.3) is 0 Å². The summed E-state index contributed by atoms with van der Waals surface area (Å²) in [5, 5.41) is 2.66. The lowest BCUT2D eigenvalue weighted by Gasteiger charge is -2.12. The fourth-order valence-corrected chi connectivity index (χ4v) is 3.27. The average molecular weight is 364 g/mol. The van der Waals surface area contributed by atoms with Crippen LogP contribution in [0, 0.1) is 6.92 Å². The smallest absolute Gasteiger partial charge is 0.244 e. The van der Waals surface area contributed by atoms with Crippen molar-refractivity contribution < 1.29 is 22.7 Å². The van der Waals surface area contributed by atoms with Crippen molar-refractivity contribution in [2.24, 2.45) is 0 Å². The van der Waals surface area contributed by atoms with E-state index in [1.54, 1.807) is 12.1 Å². The van der Waals surface area contributed by atoms with Crippen LogP contribution < -0.4 is 19.5 Å². The van der Waals surface area contributed by atoms with E-state index in [2.05, 4.69) is 10.0 Å². The fraction of sp³-hybridized carbons (Fsp3) is 0.235. The minimum Gasteiger partial charge on any atom is -0.497 e. The van der Waals surface area contributed by atoms with Crippen LogP contribution >= 0.6 is 0 Å². The van der Waals surface area contributed by atoms with Crippen LogP contribution in [0.5, 0.6) is 11.5 Å². The number of ether oxygens (including phenoxy) is 2. The van der Waals surface area contributed by atoms with Gasteiger partial charge in [-0.25, -0.2) is 13.1 Å². The standard InChI is InChI=1S/C17H20N2O5S/c1-12-6-4-5-7-14(12)19-17(20)11-18-25(21,22)16-9-8-13(23-2)10-15(16)24-3/h4-10,18H,11H2,1-3H3,(H,19,20). The quantitative estimate of drug-likeness (QED) is 0.783. The highest BCUT2D eigenvalue weighted by Gasteiger charge is 2.21. The van der Waals surface area contributed by atoms with Gasteiger partial charge in [-0.1, -0.05) is 18.2 Å². The van der Waals surface area contributed by atoms with Crippen molar-refractivity contribution in [2.45, 2.75) is 11.8 Å². The molecule has 0 aromatic heterocycles. The van der Waals surface area contributed by atoms with Gasteiger partial charge < -0.3 is 14.8 Å². The van der Waals surface area contributed by atoms with Crippen molar-refractivity contribution in [2.75, 3.05) is 26.1 Å². The Balaban J connectivity index is 2.09. The molecule has 0 unspecified atom stereocenters. The number of aryl methyl sites for hydroxylation is 1. The monoisotopic (exact) mass is 364 g/mol. The molecule has 0 saturated carbocycles. The van der Waals surface area contributed by atoms with E-state index in [1.807, 2.05) is 19.1 Å². The highest BCUT2D eigenvalue weighted by molar-refractivity contribution is 7.89. The SMILES string of the molecule is COc1ccc(S(=O)(=O)NCC(=O)Nc2ccccc2C)c(OC)c1. The molecule has 2 rings (SSSR count). The molecule has 134 valence electrons. The van der Waals surface area contributed by atoms with Crippen LogP contribution in [0.1, 0.15) is 5.56 Å². The van der Waals surface area contributed by atoms with Gasteiger partial charge in [-0.3, -0.25) is 4.79 Å². The number of methoxy groups -OCH3 is 2. The Bertz CT molecular complexity index is 865. The van der Waals surface area contributed by atoms with Gasteiger partial charge in [0.2, 0.25) is 15.9 Å². The zero-order valence-electron chi connectivity index (χ0n) is 14.2. The number of benzene rings is 2. The van der Waals surface area contributed by atoms with Gasteiger partial charge in [0.05, 0.1) is 20.8 Å². The summed E-state index contributed by atoms with van der Waals surface area (Å²) >= 11 is 0. The first-order valence-corrected chi connectivity index (χ1v) is 8.93. The van der Waals surface area contributed by atoms with Gasteiger partial charge in [-0.15, -0.1) is 0 Å². The van der Waals surface area contributed by atoms with Gasteiger partial charge in [-0.2, -0.15) is 0 Å². The number of amides is 1. The molecule has 2 N–H and O–H groups in total. The number of sulfonamides is 1. The molecule has 0 radical (unpaired) electrons. The van der Waals surface area contributed by atoms with Crippen LogP contribution in [0.2, 0.25) is 0 Å². The molecule has 1 amide bonds.